The van der Waals surface area contributed by atoms with Gasteiger partial charge in [-0.25, -0.2) is 4.68 Å². The average molecular weight is 359 g/mol. The van der Waals surface area contributed by atoms with Crippen LogP contribution in [0.1, 0.15) is 25.5 Å². The Morgan fingerprint density at radius 2 is 1.96 bits per heavy atom. The van der Waals surface area contributed by atoms with Crippen molar-refractivity contribution < 1.29 is 9.47 Å². The maximum atomic E-state index is 5.33. The van der Waals surface area contributed by atoms with Crippen molar-refractivity contribution in [1.82, 2.24) is 20.4 Å². The molecule has 2 rings (SSSR count). The predicted octanol–water partition coefficient (Wildman–Crippen LogP) is 2.36. The van der Waals surface area contributed by atoms with E-state index in [0.717, 1.165) is 55.7 Å². The van der Waals surface area contributed by atoms with Gasteiger partial charge in [0.2, 0.25) is 0 Å². The van der Waals surface area contributed by atoms with Crippen molar-refractivity contribution in [2.75, 3.05) is 33.9 Å². The summed E-state index contributed by atoms with van der Waals surface area (Å²) >= 11 is 0. The van der Waals surface area contributed by atoms with E-state index in [1.165, 1.54) is 0 Å². The van der Waals surface area contributed by atoms with Crippen LogP contribution < -0.4 is 15.4 Å². The number of ether oxygens (including phenoxy) is 2. The molecule has 1 heterocycles. The highest BCUT2D eigenvalue weighted by Gasteiger charge is 2.03. The van der Waals surface area contributed by atoms with Crippen LogP contribution in [0.4, 0.5) is 0 Å². The quantitative estimate of drug-likeness (QED) is 0.387. The van der Waals surface area contributed by atoms with Gasteiger partial charge in [0.25, 0.3) is 0 Å². The molecule has 0 bridgehead atoms. The van der Waals surface area contributed by atoms with Crippen molar-refractivity contribution in [2.45, 2.75) is 26.3 Å². The molecule has 0 amide bonds. The lowest BCUT2D eigenvalue weighted by atomic mass is 10.3. The van der Waals surface area contributed by atoms with Crippen LogP contribution in [0.5, 0.6) is 5.75 Å². The number of hydrogen-bond acceptors (Lipinski definition) is 4. The predicted molar refractivity (Wildman–Crippen MR) is 104 cm³/mol. The smallest absolute Gasteiger partial charge is 0.191 e. The molecule has 0 unspecified atom stereocenters. The molecule has 0 radical (unpaired) electrons. The Labute approximate surface area is 155 Å². The molecule has 0 aliphatic rings. The molecule has 0 saturated heterocycles. The Morgan fingerprint density at radius 3 is 2.65 bits per heavy atom. The zero-order valence-corrected chi connectivity index (χ0v) is 15.9. The van der Waals surface area contributed by atoms with Crippen LogP contribution >= 0.6 is 0 Å². The van der Waals surface area contributed by atoms with Crippen LogP contribution in [0.15, 0.2) is 41.5 Å². The highest BCUT2D eigenvalue weighted by Crippen LogP contribution is 2.14. The number of rotatable bonds is 10. The van der Waals surface area contributed by atoms with E-state index in [4.69, 9.17) is 9.47 Å². The van der Waals surface area contributed by atoms with Gasteiger partial charge >= 0.3 is 0 Å². The molecule has 0 saturated carbocycles. The third kappa shape index (κ3) is 6.40. The maximum absolute atomic E-state index is 5.33. The topological polar surface area (TPSA) is 72.7 Å². The molecule has 0 aliphatic carbocycles. The lowest BCUT2D eigenvalue weighted by Crippen LogP contribution is -2.37. The summed E-state index contributed by atoms with van der Waals surface area (Å²) < 4.78 is 12.4. The number of aliphatic imine (C=N–C) groups is 1. The number of hydrogen-bond donors (Lipinski definition) is 2. The summed E-state index contributed by atoms with van der Waals surface area (Å²) in [6.45, 7) is 5.08. The summed E-state index contributed by atoms with van der Waals surface area (Å²) in [4.78, 5) is 4.24. The van der Waals surface area contributed by atoms with E-state index in [2.05, 4.69) is 20.7 Å². The molecule has 1 aromatic heterocycles. The molecule has 0 fully saturated rings. The van der Waals surface area contributed by atoms with Crippen LogP contribution in [-0.2, 0) is 11.3 Å². The Morgan fingerprint density at radius 1 is 1.15 bits per heavy atom. The molecule has 7 nitrogen and oxygen atoms in total. The van der Waals surface area contributed by atoms with E-state index in [0.29, 0.717) is 6.54 Å². The lowest BCUT2D eigenvalue weighted by Gasteiger charge is -2.11. The van der Waals surface area contributed by atoms with E-state index < -0.39 is 0 Å². The number of aromatic nitrogens is 2. The first-order chi connectivity index (χ1) is 12.8. The Balaban J connectivity index is 1.76. The highest BCUT2D eigenvalue weighted by molar-refractivity contribution is 5.79. The number of guanidine groups is 1. The van der Waals surface area contributed by atoms with Gasteiger partial charge in [0.15, 0.2) is 5.96 Å². The fourth-order valence-corrected chi connectivity index (χ4v) is 2.41. The minimum Gasteiger partial charge on any atom is -0.497 e. The van der Waals surface area contributed by atoms with Gasteiger partial charge in [-0.3, -0.25) is 4.99 Å². The largest absolute Gasteiger partial charge is 0.497 e. The third-order valence-electron chi connectivity index (χ3n) is 3.85. The van der Waals surface area contributed by atoms with Gasteiger partial charge in [0.1, 0.15) is 5.75 Å². The van der Waals surface area contributed by atoms with Gasteiger partial charge < -0.3 is 20.1 Å². The monoisotopic (exact) mass is 359 g/mol. The Hall–Kier alpha value is -2.54. The van der Waals surface area contributed by atoms with Gasteiger partial charge in [-0.05, 0) is 50.1 Å². The van der Waals surface area contributed by atoms with E-state index in [-0.39, 0.29) is 0 Å². The third-order valence-corrected chi connectivity index (χ3v) is 3.85. The van der Waals surface area contributed by atoms with Gasteiger partial charge in [-0.15, -0.1) is 0 Å². The van der Waals surface area contributed by atoms with Gasteiger partial charge in [0.05, 0.1) is 25.0 Å². The first kappa shape index (κ1) is 19.8. The summed E-state index contributed by atoms with van der Waals surface area (Å²) in [5.41, 5.74) is 1.94. The van der Waals surface area contributed by atoms with Crippen molar-refractivity contribution in [3.8, 4) is 11.4 Å². The summed E-state index contributed by atoms with van der Waals surface area (Å²) in [7, 11) is 3.43. The summed E-state index contributed by atoms with van der Waals surface area (Å²) in [6.07, 6.45) is 4.04. The summed E-state index contributed by atoms with van der Waals surface area (Å²) in [6, 6.07) is 9.79. The summed E-state index contributed by atoms with van der Waals surface area (Å²) in [5, 5.41) is 11.2. The van der Waals surface area contributed by atoms with Crippen LogP contribution in [0, 0.1) is 0 Å². The molecule has 2 aromatic rings. The molecule has 7 heteroatoms. The second kappa shape index (κ2) is 11.1. The number of nitrogens with zero attached hydrogens (tertiary/aromatic N) is 3. The highest BCUT2D eigenvalue weighted by atomic mass is 16.5. The van der Waals surface area contributed by atoms with Gasteiger partial charge in [0, 0.05) is 33.0 Å². The van der Waals surface area contributed by atoms with Crippen molar-refractivity contribution in [3.63, 3.8) is 0 Å². The zero-order valence-electron chi connectivity index (χ0n) is 15.9. The number of unbranched alkanes of at least 4 members (excludes halogenated alkanes) is 1. The van der Waals surface area contributed by atoms with E-state index in [9.17, 15) is 0 Å². The van der Waals surface area contributed by atoms with Crippen molar-refractivity contribution in [3.05, 3.63) is 42.2 Å². The molecule has 0 aliphatic heterocycles. The minimum atomic E-state index is 0.613. The Bertz CT molecular complexity index is 667. The molecule has 1 aromatic carbocycles. The standard InChI is InChI=1S/C19H29N5O2/c1-4-26-14-6-5-12-21-19(20-2)22-15-16-11-13-24(23-16)17-7-9-18(25-3)10-8-17/h7-11,13H,4-6,12,14-15H2,1-3H3,(H2,20,21,22). The first-order valence-electron chi connectivity index (χ1n) is 8.98. The van der Waals surface area contributed by atoms with Crippen LogP contribution in [-0.4, -0.2) is 49.7 Å². The lowest BCUT2D eigenvalue weighted by molar-refractivity contribution is 0.143. The van der Waals surface area contributed by atoms with E-state index in [1.54, 1.807) is 14.2 Å². The maximum Gasteiger partial charge on any atom is 0.191 e. The van der Waals surface area contributed by atoms with Crippen LogP contribution in [0.2, 0.25) is 0 Å². The van der Waals surface area contributed by atoms with Crippen LogP contribution in [0.3, 0.4) is 0 Å². The van der Waals surface area contributed by atoms with Crippen LogP contribution in [0.25, 0.3) is 5.69 Å². The minimum absolute atomic E-state index is 0.613. The molecule has 0 spiro atoms. The molecule has 142 valence electrons. The normalized spacial score (nSPS) is 11.4. The number of methoxy groups -OCH3 is 1. The molecule has 0 atom stereocenters. The fraction of sp³-hybridized carbons (Fsp3) is 0.474. The van der Waals surface area contributed by atoms with E-state index in [1.807, 2.05) is 48.1 Å². The van der Waals surface area contributed by atoms with Gasteiger partial charge in [-0.1, -0.05) is 0 Å². The second-order valence-corrected chi connectivity index (χ2v) is 5.71. The molecular weight excluding hydrogens is 330 g/mol. The van der Waals surface area contributed by atoms with Crippen molar-refractivity contribution in [2.24, 2.45) is 4.99 Å². The molecular formula is C19H29N5O2. The number of nitrogens with one attached hydrogen (secondary N) is 2. The molecule has 2 N–H and O–H groups in total. The van der Waals surface area contributed by atoms with Gasteiger partial charge in [-0.2, -0.15) is 5.10 Å². The first-order valence-corrected chi connectivity index (χ1v) is 8.98. The molecule has 26 heavy (non-hydrogen) atoms. The number of benzene rings is 1. The summed E-state index contributed by atoms with van der Waals surface area (Å²) in [5.74, 6) is 1.61. The SMILES string of the molecule is CCOCCCCNC(=NC)NCc1ccn(-c2ccc(OC)cc2)n1. The second-order valence-electron chi connectivity index (χ2n) is 5.71. The average Bonchev–Trinajstić information content (AvgIpc) is 3.16. The van der Waals surface area contributed by atoms with Crippen molar-refractivity contribution in [1.29, 1.82) is 0 Å². The zero-order chi connectivity index (χ0) is 18.6. The van der Waals surface area contributed by atoms with E-state index >= 15 is 0 Å². The van der Waals surface area contributed by atoms with Crippen molar-refractivity contribution >= 4 is 5.96 Å². The Kier molecular flexibility index (Phi) is 8.48. The fourth-order valence-electron chi connectivity index (χ4n) is 2.41.